The first kappa shape index (κ1) is 13.8. The molecular formula is C14H20N2O3. The van der Waals surface area contributed by atoms with Gasteiger partial charge in [-0.05, 0) is 38.8 Å². The second kappa shape index (κ2) is 6.52. The molecule has 0 radical (unpaired) electrons. The molecule has 1 N–H and O–H groups in total. The van der Waals surface area contributed by atoms with E-state index >= 15 is 0 Å². The summed E-state index contributed by atoms with van der Waals surface area (Å²) in [6.07, 6.45) is 2.03. The molecule has 19 heavy (non-hydrogen) atoms. The molecule has 5 heteroatoms. The molecule has 0 saturated carbocycles. The van der Waals surface area contributed by atoms with Gasteiger partial charge in [-0.2, -0.15) is 0 Å². The number of carbonyl (C=O) groups is 1. The number of rotatable bonds is 5. The summed E-state index contributed by atoms with van der Waals surface area (Å²) in [5.74, 6) is 0.282. The molecule has 1 aromatic rings. The van der Waals surface area contributed by atoms with Crippen molar-refractivity contribution in [3.63, 3.8) is 0 Å². The number of hydrogen-bond acceptors (Lipinski definition) is 5. The van der Waals surface area contributed by atoms with Gasteiger partial charge in [-0.1, -0.05) is 6.07 Å². The molecule has 0 aromatic carbocycles. The van der Waals surface area contributed by atoms with Crippen molar-refractivity contribution in [1.29, 1.82) is 0 Å². The molecule has 1 aromatic heterocycles. The SMILES string of the molecule is CC(C)Nc1cccc(C(=O)OCC2CCCO2)n1. The molecule has 1 aliphatic rings. The summed E-state index contributed by atoms with van der Waals surface area (Å²) < 4.78 is 10.6. The van der Waals surface area contributed by atoms with Gasteiger partial charge in [0.1, 0.15) is 12.4 Å². The van der Waals surface area contributed by atoms with Crippen molar-refractivity contribution in [3.05, 3.63) is 23.9 Å². The van der Waals surface area contributed by atoms with Gasteiger partial charge in [0, 0.05) is 12.6 Å². The van der Waals surface area contributed by atoms with Gasteiger partial charge in [-0.25, -0.2) is 9.78 Å². The van der Waals surface area contributed by atoms with Crippen LogP contribution in [0.25, 0.3) is 0 Å². The van der Waals surface area contributed by atoms with E-state index in [0.717, 1.165) is 19.4 Å². The maximum atomic E-state index is 11.9. The summed E-state index contributed by atoms with van der Waals surface area (Å²) in [7, 11) is 0. The molecular weight excluding hydrogens is 244 g/mol. The Morgan fingerprint density at radius 1 is 1.58 bits per heavy atom. The Kier molecular flexibility index (Phi) is 4.74. The molecule has 1 atom stereocenters. The number of nitrogens with zero attached hydrogens (tertiary/aromatic N) is 1. The first-order valence-electron chi connectivity index (χ1n) is 6.67. The number of ether oxygens (including phenoxy) is 2. The number of esters is 1. The van der Waals surface area contributed by atoms with Crippen molar-refractivity contribution in [3.8, 4) is 0 Å². The van der Waals surface area contributed by atoms with Gasteiger partial charge in [0.2, 0.25) is 0 Å². The summed E-state index contributed by atoms with van der Waals surface area (Å²) in [5.41, 5.74) is 0.323. The molecule has 2 heterocycles. The van der Waals surface area contributed by atoms with Gasteiger partial charge in [0.15, 0.2) is 5.69 Å². The molecule has 1 unspecified atom stereocenters. The number of pyridine rings is 1. The first-order chi connectivity index (χ1) is 9.15. The van der Waals surface area contributed by atoms with Crippen LogP contribution in [0.1, 0.15) is 37.2 Å². The van der Waals surface area contributed by atoms with Crippen LogP contribution in [0.3, 0.4) is 0 Å². The highest BCUT2D eigenvalue weighted by molar-refractivity contribution is 5.87. The molecule has 0 amide bonds. The summed E-state index contributed by atoms with van der Waals surface area (Å²) in [6.45, 7) is 5.10. The molecule has 0 aliphatic carbocycles. The molecule has 0 bridgehead atoms. The Labute approximate surface area is 113 Å². The number of carbonyl (C=O) groups excluding carboxylic acids is 1. The second-order valence-corrected chi connectivity index (χ2v) is 4.94. The van der Waals surface area contributed by atoms with E-state index in [9.17, 15) is 4.79 Å². The highest BCUT2D eigenvalue weighted by Gasteiger charge is 2.18. The summed E-state index contributed by atoms with van der Waals surface area (Å²) in [5, 5.41) is 3.15. The van der Waals surface area contributed by atoms with Crippen LogP contribution in [0.15, 0.2) is 18.2 Å². The Balaban J connectivity index is 1.90. The first-order valence-corrected chi connectivity index (χ1v) is 6.67. The summed E-state index contributed by atoms with van der Waals surface area (Å²) >= 11 is 0. The van der Waals surface area contributed by atoms with Crippen LogP contribution in [0.4, 0.5) is 5.82 Å². The van der Waals surface area contributed by atoms with E-state index < -0.39 is 5.97 Å². The second-order valence-electron chi connectivity index (χ2n) is 4.94. The lowest BCUT2D eigenvalue weighted by atomic mass is 10.2. The topological polar surface area (TPSA) is 60.5 Å². The lowest BCUT2D eigenvalue weighted by Gasteiger charge is -2.11. The lowest BCUT2D eigenvalue weighted by molar-refractivity contribution is 0.0156. The Morgan fingerprint density at radius 3 is 3.11 bits per heavy atom. The van der Waals surface area contributed by atoms with E-state index in [-0.39, 0.29) is 12.1 Å². The van der Waals surface area contributed by atoms with E-state index in [4.69, 9.17) is 9.47 Å². The van der Waals surface area contributed by atoms with Crippen molar-refractivity contribution < 1.29 is 14.3 Å². The van der Waals surface area contributed by atoms with E-state index in [1.54, 1.807) is 12.1 Å². The lowest BCUT2D eigenvalue weighted by Crippen LogP contribution is -2.19. The monoisotopic (exact) mass is 264 g/mol. The third kappa shape index (κ3) is 4.21. The minimum Gasteiger partial charge on any atom is -0.458 e. The minimum absolute atomic E-state index is 0.0425. The Morgan fingerprint density at radius 2 is 2.42 bits per heavy atom. The van der Waals surface area contributed by atoms with Crippen molar-refractivity contribution in [2.75, 3.05) is 18.5 Å². The van der Waals surface area contributed by atoms with Crippen LogP contribution in [-0.4, -0.2) is 36.3 Å². The average Bonchev–Trinajstić information content (AvgIpc) is 2.88. The molecule has 5 nitrogen and oxygen atoms in total. The zero-order valence-electron chi connectivity index (χ0n) is 11.4. The van der Waals surface area contributed by atoms with Crippen LogP contribution >= 0.6 is 0 Å². The highest BCUT2D eigenvalue weighted by Crippen LogP contribution is 2.13. The predicted octanol–water partition coefficient (Wildman–Crippen LogP) is 2.24. The quantitative estimate of drug-likeness (QED) is 0.826. The highest BCUT2D eigenvalue weighted by atomic mass is 16.6. The molecule has 1 saturated heterocycles. The van der Waals surface area contributed by atoms with Gasteiger partial charge in [-0.3, -0.25) is 0 Å². The van der Waals surface area contributed by atoms with Gasteiger partial charge in [0.25, 0.3) is 0 Å². The number of hydrogen-bond donors (Lipinski definition) is 1. The van der Waals surface area contributed by atoms with Crippen LogP contribution in [0.5, 0.6) is 0 Å². The molecule has 2 rings (SSSR count). The van der Waals surface area contributed by atoms with Crippen LogP contribution in [0.2, 0.25) is 0 Å². The molecule has 1 fully saturated rings. The van der Waals surface area contributed by atoms with Crippen LogP contribution in [-0.2, 0) is 9.47 Å². The zero-order chi connectivity index (χ0) is 13.7. The summed E-state index contributed by atoms with van der Waals surface area (Å²) in [6, 6.07) is 5.55. The van der Waals surface area contributed by atoms with Gasteiger partial charge in [-0.15, -0.1) is 0 Å². The zero-order valence-corrected chi connectivity index (χ0v) is 11.4. The van der Waals surface area contributed by atoms with Crippen LogP contribution < -0.4 is 5.32 Å². The van der Waals surface area contributed by atoms with E-state index in [1.807, 2.05) is 19.9 Å². The van der Waals surface area contributed by atoms with E-state index in [2.05, 4.69) is 10.3 Å². The third-order valence-corrected chi connectivity index (χ3v) is 2.82. The Bertz CT molecular complexity index is 428. The fraction of sp³-hybridized carbons (Fsp3) is 0.571. The van der Waals surface area contributed by atoms with Gasteiger partial charge in [0.05, 0.1) is 6.10 Å². The molecule has 104 valence electrons. The number of aromatic nitrogens is 1. The van der Waals surface area contributed by atoms with Crippen molar-refractivity contribution >= 4 is 11.8 Å². The smallest absolute Gasteiger partial charge is 0.357 e. The van der Waals surface area contributed by atoms with Crippen LogP contribution in [0, 0.1) is 0 Å². The van der Waals surface area contributed by atoms with Crippen molar-refractivity contribution in [1.82, 2.24) is 4.98 Å². The maximum Gasteiger partial charge on any atom is 0.357 e. The van der Waals surface area contributed by atoms with Crippen molar-refractivity contribution in [2.24, 2.45) is 0 Å². The Hall–Kier alpha value is -1.62. The number of anilines is 1. The normalized spacial score (nSPS) is 18.6. The average molecular weight is 264 g/mol. The van der Waals surface area contributed by atoms with Gasteiger partial charge >= 0.3 is 5.97 Å². The van der Waals surface area contributed by atoms with Gasteiger partial charge < -0.3 is 14.8 Å². The predicted molar refractivity (Wildman–Crippen MR) is 72.3 cm³/mol. The fourth-order valence-corrected chi connectivity index (χ4v) is 1.94. The van der Waals surface area contributed by atoms with E-state index in [1.165, 1.54) is 0 Å². The largest absolute Gasteiger partial charge is 0.458 e. The molecule has 0 spiro atoms. The summed E-state index contributed by atoms with van der Waals surface area (Å²) in [4.78, 5) is 16.1. The standard InChI is InChI=1S/C14H20N2O3/c1-10(2)15-13-7-3-6-12(16-13)14(17)19-9-11-5-4-8-18-11/h3,6-7,10-11H,4-5,8-9H2,1-2H3,(H,15,16). The third-order valence-electron chi connectivity index (χ3n) is 2.82. The van der Waals surface area contributed by atoms with E-state index in [0.29, 0.717) is 18.1 Å². The maximum absolute atomic E-state index is 11.9. The van der Waals surface area contributed by atoms with Crippen molar-refractivity contribution in [2.45, 2.75) is 38.8 Å². The molecule has 1 aliphatic heterocycles. The minimum atomic E-state index is -0.400. The number of nitrogens with one attached hydrogen (secondary N) is 1. The fourth-order valence-electron chi connectivity index (χ4n) is 1.94.